The van der Waals surface area contributed by atoms with E-state index in [1.165, 1.54) is 0 Å². The Labute approximate surface area is 181 Å². The van der Waals surface area contributed by atoms with Gasteiger partial charge in [-0.3, -0.25) is 4.79 Å². The molecule has 154 valence electrons. The third kappa shape index (κ3) is 5.79. The summed E-state index contributed by atoms with van der Waals surface area (Å²) < 4.78 is 5.20. The van der Waals surface area contributed by atoms with Crippen molar-refractivity contribution in [2.45, 2.75) is 32.4 Å². The van der Waals surface area contributed by atoms with Gasteiger partial charge < -0.3 is 15.8 Å². The van der Waals surface area contributed by atoms with Gasteiger partial charge in [0.2, 0.25) is 5.91 Å². The Balaban J connectivity index is 0.00000300. The summed E-state index contributed by atoms with van der Waals surface area (Å²) in [7, 11) is 1.65. The number of nitrogens with one attached hydrogen (secondary N) is 1. The molecule has 0 aliphatic carbocycles. The lowest BCUT2D eigenvalue weighted by molar-refractivity contribution is -0.122. The molecule has 1 aromatic heterocycles. The van der Waals surface area contributed by atoms with Crippen molar-refractivity contribution in [3.8, 4) is 16.3 Å². The van der Waals surface area contributed by atoms with Crippen LogP contribution >= 0.6 is 23.7 Å². The molecule has 0 fully saturated rings. The summed E-state index contributed by atoms with van der Waals surface area (Å²) in [5, 5.41) is 3.95. The van der Waals surface area contributed by atoms with E-state index in [1.807, 2.05) is 68.4 Å². The van der Waals surface area contributed by atoms with E-state index in [1.54, 1.807) is 18.4 Å². The van der Waals surface area contributed by atoms with Crippen LogP contribution in [0.4, 0.5) is 0 Å². The van der Waals surface area contributed by atoms with Crippen LogP contribution in [0.2, 0.25) is 0 Å². The van der Waals surface area contributed by atoms with Gasteiger partial charge in [-0.15, -0.1) is 23.7 Å². The molecule has 3 rings (SSSR count). The Bertz CT molecular complexity index is 929. The Morgan fingerprint density at radius 3 is 2.45 bits per heavy atom. The Hall–Kier alpha value is -2.41. The third-order valence-corrected chi connectivity index (χ3v) is 5.95. The third-order valence-electron chi connectivity index (χ3n) is 4.56. The van der Waals surface area contributed by atoms with Crippen molar-refractivity contribution in [3.05, 3.63) is 70.7 Å². The number of halogens is 1. The maximum absolute atomic E-state index is 12.5. The highest BCUT2D eigenvalue weighted by Crippen LogP contribution is 2.32. The minimum atomic E-state index is -0.584. The molecule has 2 aromatic carbocycles. The number of thiazole rings is 1. The van der Waals surface area contributed by atoms with E-state index in [9.17, 15) is 4.79 Å². The monoisotopic (exact) mass is 431 g/mol. The molecule has 0 aliphatic heterocycles. The molecular formula is C22H26ClN3O2S. The molecule has 0 aliphatic rings. The van der Waals surface area contributed by atoms with Crippen molar-refractivity contribution in [2.75, 3.05) is 7.11 Å². The molecule has 0 saturated heterocycles. The maximum Gasteiger partial charge on any atom is 0.237 e. The molecule has 5 nitrogen and oxygen atoms in total. The van der Waals surface area contributed by atoms with Crippen molar-refractivity contribution >= 4 is 29.7 Å². The number of methoxy groups -OCH3 is 1. The molecule has 1 amide bonds. The number of rotatable bonds is 7. The first-order valence-electron chi connectivity index (χ1n) is 9.19. The zero-order valence-corrected chi connectivity index (χ0v) is 18.3. The van der Waals surface area contributed by atoms with Gasteiger partial charge in [0.15, 0.2) is 0 Å². The van der Waals surface area contributed by atoms with Crippen LogP contribution in [0, 0.1) is 6.92 Å². The van der Waals surface area contributed by atoms with Crippen LogP contribution in [-0.2, 0) is 11.2 Å². The largest absolute Gasteiger partial charge is 0.497 e. The molecule has 0 bridgehead atoms. The molecule has 1 unspecified atom stereocenters. The number of aryl methyl sites for hydroxylation is 1. The van der Waals surface area contributed by atoms with Gasteiger partial charge in [0.1, 0.15) is 10.8 Å². The molecule has 3 N–H and O–H groups in total. The van der Waals surface area contributed by atoms with Crippen LogP contribution in [0.1, 0.15) is 29.1 Å². The van der Waals surface area contributed by atoms with Gasteiger partial charge in [0.05, 0.1) is 29.8 Å². The number of nitrogens with zero attached hydrogens (tertiary/aromatic N) is 1. The first-order chi connectivity index (χ1) is 13.5. The molecule has 7 heteroatoms. The smallest absolute Gasteiger partial charge is 0.237 e. The van der Waals surface area contributed by atoms with Crippen LogP contribution < -0.4 is 15.8 Å². The highest BCUT2D eigenvalue weighted by molar-refractivity contribution is 7.15. The number of carbonyl (C=O) groups is 1. The average Bonchev–Trinajstić information content (AvgIpc) is 3.10. The van der Waals surface area contributed by atoms with Crippen molar-refractivity contribution < 1.29 is 9.53 Å². The van der Waals surface area contributed by atoms with Crippen LogP contribution in [0.3, 0.4) is 0 Å². The zero-order chi connectivity index (χ0) is 20.1. The van der Waals surface area contributed by atoms with Gasteiger partial charge in [-0.2, -0.15) is 0 Å². The van der Waals surface area contributed by atoms with Crippen molar-refractivity contribution in [2.24, 2.45) is 5.73 Å². The minimum absolute atomic E-state index is 0. The van der Waals surface area contributed by atoms with Crippen molar-refractivity contribution in [1.29, 1.82) is 0 Å². The van der Waals surface area contributed by atoms with Gasteiger partial charge in [0.25, 0.3) is 0 Å². The summed E-state index contributed by atoms with van der Waals surface area (Å²) in [6.45, 7) is 3.93. The number of benzene rings is 2. The number of hydrogen-bond acceptors (Lipinski definition) is 5. The standard InChI is InChI=1S/C22H25N3O2S.ClH/c1-14(24-21(26)19(23)13-16-7-5-4-6-8-16)20-15(2)25-22(28-20)17-9-11-18(27-3)12-10-17;/h4-12,14,19H,13,23H2,1-3H3,(H,24,26);1H/t14?,19-;/m0./s1. The van der Waals surface area contributed by atoms with Crippen LogP contribution in [0.25, 0.3) is 10.6 Å². The van der Waals surface area contributed by atoms with Gasteiger partial charge in [-0.25, -0.2) is 4.98 Å². The molecular weight excluding hydrogens is 406 g/mol. The lowest BCUT2D eigenvalue weighted by atomic mass is 10.1. The zero-order valence-electron chi connectivity index (χ0n) is 16.7. The fourth-order valence-electron chi connectivity index (χ4n) is 3.01. The Morgan fingerprint density at radius 2 is 1.83 bits per heavy atom. The number of ether oxygens (including phenoxy) is 1. The first-order valence-corrected chi connectivity index (χ1v) is 10.0. The molecule has 29 heavy (non-hydrogen) atoms. The van der Waals surface area contributed by atoms with E-state index in [4.69, 9.17) is 10.5 Å². The van der Waals surface area contributed by atoms with E-state index in [-0.39, 0.29) is 24.4 Å². The predicted molar refractivity (Wildman–Crippen MR) is 121 cm³/mol. The highest BCUT2D eigenvalue weighted by Gasteiger charge is 2.20. The second kappa shape index (κ2) is 10.4. The SMILES string of the molecule is COc1ccc(-c2nc(C)c(C(C)NC(=O)[C@@H](N)Cc3ccccc3)s2)cc1.Cl. The number of aromatic nitrogens is 1. The fraction of sp³-hybridized carbons (Fsp3) is 0.273. The highest BCUT2D eigenvalue weighted by atomic mass is 35.5. The van der Waals surface area contributed by atoms with E-state index in [0.29, 0.717) is 6.42 Å². The lowest BCUT2D eigenvalue weighted by Gasteiger charge is -2.17. The summed E-state index contributed by atoms with van der Waals surface area (Å²) in [4.78, 5) is 18.2. The summed E-state index contributed by atoms with van der Waals surface area (Å²) in [6, 6.07) is 16.9. The Morgan fingerprint density at radius 1 is 1.17 bits per heavy atom. The van der Waals surface area contributed by atoms with Gasteiger partial charge in [-0.1, -0.05) is 30.3 Å². The Kier molecular flexibility index (Phi) is 8.20. The molecule has 0 spiro atoms. The number of hydrogen-bond donors (Lipinski definition) is 2. The fourth-order valence-corrected chi connectivity index (χ4v) is 4.09. The van der Waals surface area contributed by atoms with E-state index >= 15 is 0 Å². The summed E-state index contributed by atoms with van der Waals surface area (Å²) in [5.41, 5.74) is 9.09. The summed E-state index contributed by atoms with van der Waals surface area (Å²) in [6.07, 6.45) is 0.512. The summed E-state index contributed by atoms with van der Waals surface area (Å²) in [5.74, 6) is 0.653. The molecule has 0 saturated carbocycles. The van der Waals surface area contributed by atoms with E-state index < -0.39 is 6.04 Å². The second-order valence-corrected chi connectivity index (χ2v) is 7.75. The lowest BCUT2D eigenvalue weighted by Crippen LogP contribution is -2.42. The number of amides is 1. The quantitative estimate of drug-likeness (QED) is 0.584. The van der Waals surface area contributed by atoms with E-state index in [2.05, 4.69) is 10.3 Å². The first kappa shape index (κ1) is 22.9. The minimum Gasteiger partial charge on any atom is -0.497 e. The van der Waals surface area contributed by atoms with Crippen LogP contribution in [0.15, 0.2) is 54.6 Å². The van der Waals surface area contributed by atoms with Gasteiger partial charge in [-0.05, 0) is 50.1 Å². The predicted octanol–water partition coefficient (Wildman–Crippen LogP) is 4.30. The van der Waals surface area contributed by atoms with Crippen LogP contribution in [0.5, 0.6) is 5.75 Å². The molecule has 2 atom stereocenters. The summed E-state index contributed by atoms with van der Waals surface area (Å²) >= 11 is 1.58. The molecule has 3 aromatic rings. The molecule has 1 heterocycles. The number of carbonyl (C=O) groups excluding carboxylic acids is 1. The maximum atomic E-state index is 12.5. The van der Waals surface area contributed by atoms with Gasteiger partial charge >= 0.3 is 0 Å². The normalized spacial score (nSPS) is 12.6. The van der Waals surface area contributed by atoms with Crippen molar-refractivity contribution in [3.63, 3.8) is 0 Å². The topological polar surface area (TPSA) is 77.2 Å². The number of nitrogens with two attached hydrogens (primary N) is 1. The van der Waals surface area contributed by atoms with E-state index in [0.717, 1.165) is 32.5 Å². The van der Waals surface area contributed by atoms with Crippen LogP contribution in [-0.4, -0.2) is 24.0 Å². The second-order valence-electron chi connectivity index (χ2n) is 6.72. The van der Waals surface area contributed by atoms with Gasteiger partial charge in [0, 0.05) is 5.56 Å². The average molecular weight is 432 g/mol. The molecule has 0 radical (unpaired) electrons. The van der Waals surface area contributed by atoms with Crippen molar-refractivity contribution in [1.82, 2.24) is 10.3 Å².